The number of hydrogen-bond acceptors (Lipinski definition) is 3. The van der Waals surface area contributed by atoms with Gasteiger partial charge in [-0.05, 0) is 30.0 Å². The van der Waals surface area contributed by atoms with Gasteiger partial charge in [0.1, 0.15) is 0 Å². The Hall–Kier alpha value is -1.55. The van der Waals surface area contributed by atoms with E-state index >= 15 is 0 Å². The second kappa shape index (κ2) is 6.57. The van der Waals surface area contributed by atoms with Crippen LogP contribution in [-0.2, 0) is 4.79 Å². The largest absolute Gasteiger partial charge is 0.481 e. The fraction of sp³-hybridized carbons (Fsp3) is 0.533. The van der Waals surface area contributed by atoms with E-state index in [2.05, 4.69) is 32.0 Å². The maximum absolute atomic E-state index is 10.6. The highest BCUT2D eigenvalue weighted by atomic mass is 16.4. The van der Waals surface area contributed by atoms with Gasteiger partial charge in [0, 0.05) is 19.3 Å². The highest BCUT2D eigenvalue weighted by molar-refractivity contribution is 5.67. The molecule has 106 valence electrons. The van der Waals surface area contributed by atoms with Gasteiger partial charge in [0.2, 0.25) is 0 Å². The lowest BCUT2D eigenvalue weighted by atomic mass is 10.00. The number of benzene rings is 1. The van der Waals surface area contributed by atoms with Gasteiger partial charge in [0.15, 0.2) is 0 Å². The van der Waals surface area contributed by atoms with Crippen LogP contribution in [0.4, 0.5) is 5.69 Å². The number of carbonyl (C=O) groups is 1. The molecular formula is C15H23NO3. The molecule has 1 unspecified atom stereocenters. The Labute approximate surface area is 114 Å². The maximum atomic E-state index is 10.6. The van der Waals surface area contributed by atoms with Crippen molar-refractivity contribution in [1.29, 1.82) is 0 Å². The zero-order valence-electron chi connectivity index (χ0n) is 12.1. The molecule has 0 aromatic heterocycles. The van der Waals surface area contributed by atoms with Gasteiger partial charge in [-0.25, -0.2) is 0 Å². The van der Waals surface area contributed by atoms with Crippen LogP contribution in [0.5, 0.6) is 0 Å². The Morgan fingerprint density at radius 1 is 1.37 bits per heavy atom. The molecule has 0 aliphatic heterocycles. The van der Waals surface area contributed by atoms with Gasteiger partial charge >= 0.3 is 5.97 Å². The molecule has 19 heavy (non-hydrogen) atoms. The summed E-state index contributed by atoms with van der Waals surface area (Å²) in [7, 11) is 1.87. The topological polar surface area (TPSA) is 60.8 Å². The molecule has 4 heteroatoms. The monoisotopic (exact) mass is 265 g/mol. The second-order valence-corrected chi connectivity index (χ2v) is 5.33. The average Bonchev–Trinajstić information content (AvgIpc) is 2.27. The molecule has 4 nitrogen and oxygen atoms in total. The first-order chi connectivity index (χ1) is 8.81. The number of carboxylic acids is 1. The number of carboxylic acid groups (broad SMARTS) is 1. The van der Waals surface area contributed by atoms with Crippen LogP contribution in [-0.4, -0.2) is 35.9 Å². The van der Waals surface area contributed by atoms with Crippen molar-refractivity contribution in [1.82, 2.24) is 0 Å². The van der Waals surface area contributed by atoms with Gasteiger partial charge in [0.05, 0.1) is 12.5 Å². The third-order valence-corrected chi connectivity index (χ3v) is 3.21. The predicted octanol–water partition coefficient (Wildman–Crippen LogP) is 2.39. The summed E-state index contributed by atoms with van der Waals surface area (Å²) in [5, 5.41) is 18.4. The first-order valence-electron chi connectivity index (χ1n) is 6.52. The van der Waals surface area contributed by atoms with E-state index in [4.69, 9.17) is 5.11 Å². The number of aliphatic hydroxyl groups excluding tert-OH is 1. The van der Waals surface area contributed by atoms with Crippen LogP contribution in [0.25, 0.3) is 0 Å². The van der Waals surface area contributed by atoms with Crippen molar-refractivity contribution in [2.24, 2.45) is 0 Å². The Morgan fingerprint density at radius 2 is 2.00 bits per heavy atom. The SMILES string of the molecule is Cc1ccc(C(C)C)cc1N(C)CC(O)CC(=O)O. The van der Waals surface area contributed by atoms with Gasteiger partial charge in [-0.2, -0.15) is 0 Å². The third-order valence-electron chi connectivity index (χ3n) is 3.21. The van der Waals surface area contributed by atoms with Crippen molar-refractivity contribution < 1.29 is 15.0 Å². The molecule has 1 atom stereocenters. The summed E-state index contributed by atoms with van der Waals surface area (Å²) in [6, 6.07) is 6.27. The van der Waals surface area contributed by atoms with Gasteiger partial charge in [0.25, 0.3) is 0 Å². The standard InChI is InChI=1S/C15H23NO3/c1-10(2)12-6-5-11(3)14(7-12)16(4)9-13(17)8-15(18)19/h5-7,10,13,17H,8-9H2,1-4H3,(H,18,19). The summed E-state index contributed by atoms with van der Waals surface area (Å²) in [4.78, 5) is 12.5. The van der Waals surface area contributed by atoms with E-state index in [-0.39, 0.29) is 6.42 Å². The molecule has 2 N–H and O–H groups in total. The molecular weight excluding hydrogens is 242 g/mol. The number of hydrogen-bond donors (Lipinski definition) is 2. The first-order valence-corrected chi connectivity index (χ1v) is 6.52. The molecule has 0 amide bonds. The molecule has 0 aliphatic carbocycles. The molecule has 1 aromatic rings. The first kappa shape index (κ1) is 15.5. The zero-order chi connectivity index (χ0) is 14.6. The number of nitrogens with zero attached hydrogens (tertiary/aromatic N) is 1. The maximum Gasteiger partial charge on any atom is 0.306 e. The third kappa shape index (κ3) is 4.56. The number of anilines is 1. The highest BCUT2D eigenvalue weighted by Gasteiger charge is 2.14. The average molecular weight is 265 g/mol. The second-order valence-electron chi connectivity index (χ2n) is 5.33. The van der Waals surface area contributed by atoms with Gasteiger partial charge in [-0.1, -0.05) is 26.0 Å². The fourth-order valence-corrected chi connectivity index (χ4v) is 2.08. The van der Waals surface area contributed by atoms with E-state index in [9.17, 15) is 9.90 Å². The number of likely N-dealkylation sites (N-methyl/N-ethyl adjacent to an activating group) is 1. The van der Waals surface area contributed by atoms with Crippen LogP contribution in [0.15, 0.2) is 18.2 Å². The van der Waals surface area contributed by atoms with Gasteiger partial charge in [-0.3, -0.25) is 4.79 Å². The van der Waals surface area contributed by atoms with Crippen molar-refractivity contribution in [3.8, 4) is 0 Å². The van der Waals surface area contributed by atoms with Crippen molar-refractivity contribution in [2.75, 3.05) is 18.5 Å². The summed E-state index contributed by atoms with van der Waals surface area (Å²) < 4.78 is 0. The van der Waals surface area contributed by atoms with Crippen LogP contribution in [0.2, 0.25) is 0 Å². The van der Waals surface area contributed by atoms with Gasteiger partial charge < -0.3 is 15.1 Å². The lowest BCUT2D eigenvalue weighted by Gasteiger charge is -2.25. The summed E-state index contributed by atoms with van der Waals surface area (Å²) in [5.74, 6) is -0.537. The fourth-order valence-electron chi connectivity index (χ4n) is 2.08. The summed E-state index contributed by atoms with van der Waals surface area (Å²) in [6.07, 6.45) is -1.09. The van der Waals surface area contributed by atoms with E-state index in [1.54, 1.807) is 0 Å². The molecule has 0 fully saturated rings. The van der Waals surface area contributed by atoms with E-state index < -0.39 is 12.1 Å². The van der Waals surface area contributed by atoms with E-state index in [0.717, 1.165) is 11.3 Å². The molecule has 1 rings (SSSR count). The lowest BCUT2D eigenvalue weighted by molar-refractivity contribution is -0.139. The highest BCUT2D eigenvalue weighted by Crippen LogP contribution is 2.25. The molecule has 1 aromatic carbocycles. The van der Waals surface area contributed by atoms with Crippen molar-refractivity contribution in [3.63, 3.8) is 0 Å². The van der Waals surface area contributed by atoms with Crippen molar-refractivity contribution in [2.45, 2.75) is 39.2 Å². The van der Waals surface area contributed by atoms with Crippen molar-refractivity contribution >= 4 is 11.7 Å². The minimum Gasteiger partial charge on any atom is -0.481 e. The Morgan fingerprint density at radius 3 is 2.53 bits per heavy atom. The van der Waals surface area contributed by atoms with Crippen LogP contribution in [0.3, 0.4) is 0 Å². The predicted molar refractivity (Wildman–Crippen MR) is 76.8 cm³/mol. The number of rotatable bonds is 6. The Bertz CT molecular complexity index is 443. The lowest BCUT2D eigenvalue weighted by Crippen LogP contribution is -2.31. The van der Waals surface area contributed by atoms with E-state index in [1.807, 2.05) is 18.9 Å². The van der Waals surface area contributed by atoms with E-state index in [0.29, 0.717) is 12.5 Å². The van der Waals surface area contributed by atoms with Crippen molar-refractivity contribution in [3.05, 3.63) is 29.3 Å². The minimum atomic E-state index is -0.978. The molecule has 0 spiro atoms. The minimum absolute atomic E-state index is 0.229. The number of aryl methyl sites for hydroxylation is 1. The normalized spacial score (nSPS) is 12.5. The smallest absolute Gasteiger partial charge is 0.306 e. The Kier molecular flexibility index (Phi) is 5.36. The summed E-state index contributed by atoms with van der Waals surface area (Å²) >= 11 is 0. The summed E-state index contributed by atoms with van der Waals surface area (Å²) in [5.41, 5.74) is 3.39. The van der Waals surface area contributed by atoms with Crippen LogP contribution < -0.4 is 4.90 Å². The quantitative estimate of drug-likeness (QED) is 0.829. The van der Waals surface area contributed by atoms with Gasteiger partial charge in [-0.15, -0.1) is 0 Å². The van der Waals surface area contributed by atoms with E-state index in [1.165, 1.54) is 5.56 Å². The number of aliphatic hydroxyl groups is 1. The molecule has 0 saturated heterocycles. The Balaban J connectivity index is 2.83. The van der Waals surface area contributed by atoms with Crippen LogP contribution in [0.1, 0.15) is 37.3 Å². The molecule has 0 heterocycles. The van der Waals surface area contributed by atoms with Crippen LogP contribution in [0, 0.1) is 6.92 Å². The summed E-state index contributed by atoms with van der Waals surface area (Å²) in [6.45, 7) is 6.59. The molecule has 0 aliphatic rings. The van der Waals surface area contributed by atoms with Crippen LogP contribution >= 0.6 is 0 Å². The molecule has 0 saturated carbocycles. The molecule has 0 radical (unpaired) electrons. The zero-order valence-corrected chi connectivity index (χ0v) is 12.1. The number of aliphatic carboxylic acids is 1. The molecule has 0 bridgehead atoms.